The lowest BCUT2D eigenvalue weighted by Crippen LogP contribution is -2.47. The third kappa shape index (κ3) is 4.86. The SMILES string of the molecule is CC(=O)NCCN(C(=O)C1CC1c1ccc(Cl)cc1Cl)C(C)C(=O)O. The fraction of sp³-hybridized carbons (Fsp3) is 0.471. The Morgan fingerprint density at radius 1 is 1.36 bits per heavy atom. The third-order valence-electron chi connectivity index (χ3n) is 4.30. The van der Waals surface area contributed by atoms with Crippen LogP contribution in [0.4, 0.5) is 0 Å². The first-order valence-electron chi connectivity index (χ1n) is 7.95. The molecule has 136 valence electrons. The molecule has 25 heavy (non-hydrogen) atoms. The van der Waals surface area contributed by atoms with Gasteiger partial charge in [0.05, 0.1) is 0 Å². The highest BCUT2D eigenvalue weighted by Gasteiger charge is 2.47. The summed E-state index contributed by atoms with van der Waals surface area (Å²) in [5, 5.41) is 12.9. The lowest BCUT2D eigenvalue weighted by molar-refractivity contribution is -0.150. The van der Waals surface area contributed by atoms with Crippen molar-refractivity contribution in [3.8, 4) is 0 Å². The van der Waals surface area contributed by atoms with Crippen molar-refractivity contribution >= 4 is 41.0 Å². The zero-order valence-electron chi connectivity index (χ0n) is 14.0. The summed E-state index contributed by atoms with van der Waals surface area (Å²) in [4.78, 5) is 36.4. The predicted molar refractivity (Wildman–Crippen MR) is 94.8 cm³/mol. The molecule has 0 saturated heterocycles. The van der Waals surface area contributed by atoms with E-state index in [-0.39, 0.29) is 36.7 Å². The second kappa shape index (κ2) is 8.06. The molecule has 1 aromatic carbocycles. The van der Waals surface area contributed by atoms with E-state index in [1.165, 1.54) is 18.7 Å². The van der Waals surface area contributed by atoms with Gasteiger partial charge in [0.2, 0.25) is 11.8 Å². The first-order chi connectivity index (χ1) is 11.7. The largest absolute Gasteiger partial charge is 0.480 e. The molecule has 2 rings (SSSR count). The van der Waals surface area contributed by atoms with Gasteiger partial charge in [0, 0.05) is 36.0 Å². The molecule has 8 heteroatoms. The molecular weight excluding hydrogens is 367 g/mol. The topological polar surface area (TPSA) is 86.7 Å². The van der Waals surface area contributed by atoms with Crippen LogP contribution in [-0.4, -0.2) is 46.9 Å². The first kappa shape index (κ1) is 19.5. The van der Waals surface area contributed by atoms with Gasteiger partial charge >= 0.3 is 5.97 Å². The van der Waals surface area contributed by atoms with E-state index in [0.717, 1.165) is 5.56 Å². The van der Waals surface area contributed by atoms with E-state index in [9.17, 15) is 19.5 Å². The van der Waals surface area contributed by atoms with Crippen LogP contribution in [0.15, 0.2) is 18.2 Å². The van der Waals surface area contributed by atoms with Crippen molar-refractivity contribution in [3.63, 3.8) is 0 Å². The van der Waals surface area contributed by atoms with Crippen molar-refractivity contribution in [2.24, 2.45) is 5.92 Å². The molecule has 1 aliphatic carbocycles. The van der Waals surface area contributed by atoms with Crippen LogP contribution in [0, 0.1) is 5.92 Å². The third-order valence-corrected chi connectivity index (χ3v) is 4.87. The minimum atomic E-state index is -1.09. The number of rotatable bonds is 7. The summed E-state index contributed by atoms with van der Waals surface area (Å²) in [6.45, 7) is 3.17. The minimum Gasteiger partial charge on any atom is -0.480 e. The van der Waals surface area contributed by atoms with Crippen LogP contribution in [0.1, 0.15) is 31.7 Å². The fourth-order valence-corrected chi connectivity index (χ4v) is 3.36. The fourth-order valence-electron chi connectivity index (χ4n) is 2.81. The van der Waals surface area contributed by atoms with Gasteiger partial charge in [-0.25, -0.2) is 4.79 Å². The normalized spacial score (nSPS) is 19.8. The number of nitrogens with zero attached hydrogens (tertiary/aromatic N) is 1. The monoisotopic (exact) mass is 386 g/mol. The number of amides is 2. The van der Waals surface area contributed by atoms with Gasteiger partial charge in [-0.2, -0.15) is 0 Å². The number of benzene rings is 1. The van der Waals surface area contributed by atoms with Gasteiger partial charge in [0.1, 0.15) is 6.04 Å². The molecule has 3 atom stereocenters. The molecule has 1 saturated carbocycles. The Kier molecular flexibility index (Phi) is 6.30. The molecule has 0 radical (unpaired) electrons. The van der Waals surface area contributed by atoms with Crippen LogP contribution in [0.2, 0.25) is 10.0 Å². The van der Waals surface area contributed by atoms with E-state index < -0.39 is 12.0 Å². The molecule has 0 heterocycles. The van der Waals surface area contributed by atoms with Gasteiger partial charge in [-0.1, -0.05) is 29.3 Å². The maximum Gasteiger partial charge on any atom is 0.326 e. The van der Waals surface area contributed by atoms with E-state index in [1.54, 1.807) is 18.2 Å². The molecule has 0 bridgehead atoms. The van der Waals surface area contributed by atoms with Crippen LogP contribution in [0.5, 0.6) is 0 Å². The number of carboxylic acids is 1. The van der Waals surface area contributed by atoms with Crippen LogP contribution in [0.25, 0.3) is 0 Å². The number of hydrogen-bond donors (Lipinski definition) is 2. The van der Waals surface area contributed by atoms with Crippen LogP contribution < -0.4 is 5.32 Å². The van der Waals surface area contributed by atoms with Crippen molar-refractivity contribution in [3.05, 3.63) is 33.8 Å². The van der Waals surface area contributed by atoms with Gasteiger partial charge in [-0.05, 0) is 37.0 Å². The van der Waals surface area contributed by atoms with Gasteiger partial charge in [-0.15, -0.1) is 0 Å². The Morgan fingerprint density at radius 2 is 2.04 bits per heavy atom. The summed E-state index contributed by atoms with van der Waals surface area (Å²) in [5.74, 6) is -1.90. The second-order valence-corrected chi connectivity index (χ2v) is 6.99. The highest BCUT2D eigenvalue weighted by atomic mass is 35.5. The maximum atomic E-state index is 12.8. The van der Waals surface area contributed by atoms with E-state index in [1.807, 2.05) is 0 Å². The van der Waals surface area contributed by atoms with Gasteiger partial charge < -0.3 is 15.3 Å². The first-order valence-corrected chi connectivity index (χ1v) is 8.70. The molecule has 0 aromatic heterocycles. The molecule has 1 fully saturated rings. The van der Waals surface area contributed by atoms with E-state index in [4.69, 9.17) is 23.2 Å². The molecule has 2 N–H and O–H groups in total. The van der Waals surface area contributed by atoms with E-state index >= 15 is 0 Å². The molecule has 1 aromatic rings. The summed E-state index contributed by atoms with van der Waals surface area (Å²) in [5.41, 5.74) is 0.842. The van der Waals surface area contributed by atoms with Crippen molar-refractivity contribution < 1.29 is 19.5 Å². The highest BCUT2D eigenvalue weighted by Crippen LogP contribution is 2.51. The number of nitrogens with one attached hydrogen (secondary N) is 1. The number of carbonyl (C=O) groups excluding carboxylic acids is 2. The highest BCUT2D eigenvalue weighted by molar-refractivity contribution is 6.35. The lowest BCUT2D eigenvalue weighted by atomic mass is 10.1. The molecular formula is C17H20Cl2N2O4. The summed E-state index contributed by atoms with van der Waals surface area (Å²) < 4.78 is 0. The zero-order chi connectivity index (χ0) is 18.7. The Morgan fingerprint density at radius 3 is 2.60 bits per heavy atom. The maximum absolute atomic E-state index is 12.8. The molecule has 0 spiro atoms. The Hall–Kier alpha value is -1.79. The zero-order valence-corrected chi connectivity index (χ0v) is 15.5. The average Bonchev–Trinajstić information content (AvgIpc) is 3.30. The molecule has 0 aliphatic heterocycles. The van der Waals surface area contributed by atoms with Crippen molar-refractivity contribution in [2.75, 3.05) is 13.1 Å². The van der Waals surface area contributed by atoms with Crippen LogP contribution in [0.3, 0.4) is 0 Å². The van der Waals surface area contributed by atoms with Crippen molar-refractivity contribution in [1.82, 2.24) is 10.2 Å². The van der Waals surface area contributed by atoms with Gasteiger partial charge in [0.15, 0.2) is 0 Å². The Bertz CT molecular complexity index is 695. The van der Waals surface area contributed by atoms with Crippen LogP contribution in [-0.2, 0) is 14.4 Å². The molecule has 2 amide bonds. The Labute approximate surface area is 156 Å². The average molecular weight is 387 g/mol. The summed E-state index contributed by atoms with van der Waals surface area (Å²) in [7, 11) is 0. The smallest absolute Gasteiger partial charge is 0.326 e. The van der Waals surface area contributed by atoms with Gasteiger partial charge in [0.25, 0.3) is 0 Å². The second-order valence-electron chi connectivity index (χ2n) is 6.14. The Balaban J connectivity index is 2.09. The summed E-state index contributed by atoms with van der Waals surface area (Å²) >= 11 is 12.1. The summed E-state index contributed by atoms with van der Waals surface area (Å²) in [6, 6.07) is 4.18. The van der Waals surface area contributed by atoms with Crippen molar-refractivity contribution in [2.45, 2.75) is 32.2 Å². The van der Waals surface area contributed by atoms with Crippen LogP contribution >= 0.6 is 23.2 Å². The molecule has 6 nitrogen and oxygen atoms in total. The number of hydrogen-bond acceptors (Lipinski definition) is 3. The summed E-state index contributed by atoms with van der Waals surface area (Å²) in [6.07, 6.45) is 0.614. The van der Waals surface area contributed by atoms with Gasteiger partial charge in [-0.3, -0.25) is 9.59 Å². The number of aliphatic carboxylic acids is 1. The molecule has 1 aliphatic rings. The quantitative estimate of drug-likeness (QED) is 0.753. The minimum absolute atomic E-state index is 0.0403. The number of carbonyl (C=O) groups is 3. The van der Waals surface area contributed by atoms with Crippen molar-refractivity contribution in [1.29, 1.82) is 0 Å². The number of carboxylic acid groups (broad SMARTS) is 1. The van der Waals surface area contributed by atoms with E-state index in [2.05, 4.69) is 5.32 Å². The number of halogens is 2. The van der Waals surface area contributed by atoms with E-state index in [0.29, 0.717) is 16.5 Å². The molecule has 3 unspecified atom stereocenters. The lowest BCUT2D eigenvalue weighted by Gasteiger charge is -2.27. The standard InChI is InChI=1S/C17H20Cl2N2O4/c1-9(17(24)25)21(6-5-20-10(2)22)16(23)14-8-13(14)12-4-3-11(18)7-15(12)19/h3-4,7,9,13-14H,5-6,8H2,1-2H3,(H,20,22)(H,24,25). The predicted octanol–water partition coefficient (Wildman–Crippen LogP) is 2.53.